The van der Waals surface area contributed by atoms with Crippen LogP contribution in [0.2, 0.25) is 0 Å². The monoisotopic (exact) mass is 506 g/mol. The first-order chi connectivity index (χ1) is 19.2. The zero-order chi connectivity index (χ0) is 26.6. The first kappa shape index (κ1) is 24.3. The lowest BCUT2D eigenvalue weighted by Gasteiger charge is -2.14. The van der Waals surface area contributed by atoms with Crippen LogP contribution in [-0.2, 0) is 17.6 Å². The van der Waals surface area contributed by atoms with E-state index in [1.807, 2.05) is 85.2 Å². The fourth-order valence-electron chi connectivity index (χ4n) is 5.15. The molecule has 1 aliphatic rings. The van der Waals surface area contributed by atoms with Crippen LogP contribution < -0.4 is 0 Å². The number of aryl methyl sites for hydroxylation is 2. The van der Waals surface area contributed by atoms with Crippen molar-refractivity contribution in [1.82, 2.24) is 9.97 Å². The lowest BCUT2D eigenvalue weighted by atomic mass is 9.88. The van der Waals surface area contributed by atoms with E-state index in [0.717, 1.165) is 51.8 Å². The normalized spacial score (nSPS) is 13.3. The quantitative estimate of drug-likeness (QED) is 0.256. The summed E-state index contributed by atoms with van der Waals surface area (Å²) in [6.07, 6.45) is 6.97. The van der Waals surface area contributed by atoms with Gasteiger partial charge < -0.3 is 5.11 Å². The number of phenolic OH excluding ortho intramolecular Hbond substituents is 1. The van der Waals surface area contributed by atoms with Crippen molar-refractivity contribution < 1.29 is 9.90 Å². The number of phenols is 1. The molecule has 4 aromatic carbocycles. The van der Waals surface area contributed by atoms with Crippen LogP contribution in [0.3, 0.4) is 0 Å². The molecule has 6 rings (SSSR count). The van der Waals surface area contributed by atoms with E-state index in [2.05, 4.69) is 34.2 Å². The molecule has 0 saturated carbocycles. The number of aromatic nitrogens is 2. The minimum atomic E-state index is -0.00127. The highest BCUT2D eigenvalue weighted by Crippen LogP contribution is 2.49. The molecule has 188 valence electrons. The number of benzene rings is 4. The molecular weight excluding hydrogens is 480 g/mol. The lowest BCUT2D eigenvalue weighted by Crippen LogP contribution is -2.01. The highest BCUT2D eigenvalue weighted by Gasteiger charge is 2.35. The van der Waals surface area contributed by atoms with Gasteiger partial charge in [-0.15, -0.1) is 0 Å². The minimum Gasteiger partial charge on any atom is -0.508 e. The van der Waals surface area contributed by atoms with E-state index in [9.17, 15) is 9.90 Å². The summed E-state index contributed by atoms with van der Waals surface area (Å²) in [5.41, 5.74) is 9.04. The van der Waals surface area contributed by atoms with Crippen LogP contribution in [0.1, 0.15) is 33.4 Å². The number of Topliss-reactive ketones (excluding diaryl/α,β-unsaturated/α-hetero) is 1. The highest BCUT2D eigenvalue weighted by atomic mass is 16.3. The number of carbonyl (C=O) groups is 1. The molecule has 4 heteroatoms. The number of nitrogens with zero attached hydrogens (tertiary/aromatic N) is 2. The van der Waals surface area contributed by atoms with Gasteiger partial charge >= 0.3 is 0 Å². The first-order valence-electron chi connectivity index (χ1n) is 13.0. The van der Waals surface area contributed by atoms with Crippen LogP contribution in [0.5, 0.6) is 5.75 Å². The average molecular weight is 507 g/mol. The molecule has 5 aromatic rings. The summed E-state index contributed by atoms with van der Waals surface area (Å²) < 4.78 is 0. The fourth-order valence-corrected chi connectivity index (χ4v) is 5.15. The van der Waals surface area contributed by atoms with E-state index in [1.54, 1.807) is 18.5 Å². The smallest absolute Gasteiger partial charge is 0.195 e. The fraction of sp³-hybridized carbons (Fsp3) is 0.0571. The number of carbonyl (C=O) groups excluding carboxylic acids is 1. The Kier molecular flexibility index (Phi) is 6.67. The van der Waals surface area contributed by atoms with Crippen LogP contribution in [0.4, 0.5) is 0 Å². The molecule has 0 amide bonds. The molecule has 0 atom stereocenters. The largest absolute Gasteiger partial charge is 0.508 e. The van der Waals surface area contributed by atoms with Crippen LogP contribution >= 0.6 is 0 Å². The Labute approximate surface area is 227 Å². The van der Waals surface area contributed by atoms with Gasteiger partial charge in [0.05, 0.1) is 0 Å². The van der Waals surface area contributed by atoms with Gasteiger partial charge in [0.2, 0.25) is 0 Å². The predicted octanol–water partition coefficient (Wildman–Crippen LogP) is 7.07. The van der Waals surface area contributed by atoms with Crippen molar-refractivity contribution in [2.45, 2.75) is 12.8 Å². The Morgan fingerprint density at radius 3 is 1.44 bits per heavy atom. The molecule has 1 N–H and O–H groups in total. The molecule has 39 heavy (non-hydrogen) atoms. The standard InChI is InChI=1S/C35H26N2O2/c38-30-19-17-29(18-20-30)32-31(28-15-13-24(14-16-28)11-12-25-21-36-23-37-22-25)33(26-7-3-1-4-8-26)35(39)34(32)27-9-5-2-6-10-27/h1-10,13-23,38H,11-12H2. The minimum absolute atomic E-state index is 0.00127. The predicted molar refractivity (Wildman–Crippen MR) is 156 cm³/mol. The Morgan fingerprint density at radius 2 is 0.923 bits per heavy atom. The van der Waals surface area contributed by atoms with Crippen molar-refractivity contribution in [3.8, 4) is 5.75 Å². The highest BCUT2D eigenvalue weighted by molar-refractivity contribution is 6.59. The molecule has 0 spiro atoms. The molecule has 0 bridgehead atoms. The maximum atomic E-state index is 14.3. The van der Waals surface area contributed by atoms with E-state index in [1.165, 1.54) is 5.56 Å². The van der Waals surface area contributed by atoms with Gasteiger partial charge in [-0.05, 0) is 58.4 Å². The second-order valence-corrected chi connectivity index (χ2v) is 9.55. The topological polar surface area (TPSA) is 63.1 Å². The van der Waals surface area contributed by atoms with Gasteiger partial charge in [-0.25, -0.2) is 9.97 Å². The number of ketones is 1. The van der Waals surface area contributed by atoms with E-state index in [4.69, 9.17) is 0 Å². The molecule has 0 fully saturated rings. The Balaban J connectivity index is 1.50. The van der Waals surface area contributed by atoms with Crippen molar-refractivity contribution in [2.75, 3.05) is 0 Å². The number of allylic oxidation sites excluding steroid dienone is 4. The molecule has 0 radical (unpaired) electrons. The zero-order valence-electron chi connectivity index (χ0n) is 21.3. The van der Waals surface area contributed by atoms with Crippen molar-refractivity contribution in [3.63, 3.8) is 0 Å². The molecule has 0 aliphatic heterocycles. The number of hydrogen-bond acceptors (Lipinski definition) is 4. The van der Waals surface area contributed by atoms with E-state index < -0.39 is 0 Å². The molecular formula is C35H26N2O2. The maximum absolute atomic E-state index is 14.3. The van der Waals surface area contributed by atoms with Crippen LogP contribution in [0.15, 0.2) is 128 Å². The van der Waals surface area contributed by atoms with Gasteiger partial charge in [-0.2, -0.15) is 0 Å². The summed E-state index contributed by atoms with van der Waals surface area (Å²) >= 11 is 0. The third-order valence-corrected chi connectivity index (χ3v) is 7.04. The van der Waals surface area contributed by atoms with Gasteiger partial charge in [0.1, 0.15) is 12.1 Å². The molecule has 0 unspecified atom stereocenters. The van der Waals surface area contributed by atoms with E-state index >= 15 is 0 Å². The van der Waals surface area contributed by atoms with Crippen molar-refractivity contribution in [3.05, 3.63) is 161 Å². The SMILES string of the molecule is O=C1C(c2ccccc2)=C(c2ccc(O)cc2)C(c2ccc(CCc3cncnc3)cc2)=C1c1ccccc1. The van der Waals surface area contributed by atoms with Crippen molar-refractivity contribution in [2.24, 2.45) is 0 Å². The lowest BCUT2D eigenvalue weighted by molar-refractivity contribution is -0.108. The molecule has 1 heterocycles. The maximum Gasteiger partial charge on any atom is 0.195 e. The van der Waals surface area contributed by atoms with Crippen LogP contribution in [-0.4, -0.2) is 20.9 Å². The summed E-state index contributed by atoms with van der Waals surface area (Å²) in [5, 5.41) is 10.0. The van der Waals surface area contributed by atoms with Crippen LogP contribution in [0.25, 0.3) is 22.3 Å². The first-order valence-corrected chi connectivity index (χ1v) is 13.0. The van der Waals surface area contributed by atoms with E-state index in [-0.39, 0.29) is 11.5 Å². The zero-order valence-corrected chi connectivity index (χ0v) is 21.3. The van der Waals surface area contributed by atoms with Crippen molar-refractivity contribution >= 4 is 28.1 Å². The second-order valence-electron chi connectivity index (χ2n) is 9.55. The molecule has 4 nitrogen and oxygen atoms in total. The van der Waals surface area contributed by atoms with Crippen molar-refractivity contribution in [1.29, 1.82) is 0 Å². The van der Waals surface area contributed by atoms with Crippen LogP contribution in [0, 0.1) is 0 Å². The summed E-state index contributed by atoms with van der Waals surface area (Å²) in [6, 6.07) is 35.3. The summed E-state index contributed by atoms with van der Waals surface area (Å²) in [4.78, 5) is 22.5. The number of aromatic hydroxyl groups is 1. The molecule has 1 aromatic heterocycles. The van der Waals surface area contributed by atoms with Gasteiger partial charge in [0.15, 0.2) is 5.78 Å². The summed E-state index contributed by atoms with van der Waals surface area (Å²) in [6.45, 7) is 0. The third kappa shape index (κ3) is 4.92. The Bertz CT molecular complexity index is 1670. The van der Waals surface area contributed by atoms with Gasteiger partial charge in [-0.1, -0.05) is 97.1 Å². The summed E-state index contributed by atoms with van der Waals surface area (Å²) in [7, 11) is 0. The van der Waals surface area contributed by atoms with Gasteiger partial charge in [-0.3, -0.25) is 4.79 Å². The molecule has 1 aliphatic carbocycles. The number of rotatable bonds is 7. The molecule has 0 saturated heterocycles. The number of hydrogen-bond donors (Lipinski definition) is 1. The average Bonchev–Trinajstić information content (AvgIpc) is 3.30. The summed E-state index contributed by atoms with van der Waals surface area (Å²) in [5.74, 6) is 0.186. The van der Waals surface area contributed by atoms with Gasteiger partial charge in [0, 0.05) is 34.7 Å². The third-order valence-electron chi connectivity index (χ3n) is 7.04. The Hall–Kier alpha value is -5.09. The van der Waals surface area contributed by atoms with E-state index in [0.29, 0.717) is 11.1 Å². The Morgan fingerprint density at radius 1 is 0.487 bits per heavy atom. The second kappa shape index (κ2) is 10.7. The van der Waals surface area contributed by atoms with Gasteiger partial charge in [0.25, 0.3) is 0 Å².